The van der Waals surface area contributed by atoms with Crippen molar-refractivity contribution in [1.82, 2.24) is 0 Å². The second-order valence-corrected chi connectivity index (χ2v) is 8.13. The van der Waals surface area contributed by atoms with Gasteiger partial charge >= 0.3 is 0 Å². The molecule has 132 valence electrons. The average Bonchev–Trinajstić information content (AvgIpc) is 2.82. The van der Waals surface area contributed by atoms with E-state index in [0.29, 0.717) is 5.41 Å². The van der Waals surface area contributed by atoms with Gasteiger partial charge in [0.15, 0.2) is 0 Å². The van der Waals surface area contributed by atoms with E-state index in [1.54, 1.807) is 16.7 Å². The first-order valence-electron chi connectivity index (χ1n) is 8.98. The summed E-state index contributed by atoms with van der Waals surface area (Å²) in [6.07, 6.45) is 10.0. The molecule has 0 heterocycles. The number of fused-ring (bicyclic) bond motifs is 5. The highest BCUT2D eigenvalue weighted by Gasteiger charge is 2.51. The lowest BCUT2D eigenvalue weighted by Crippen LogP contribution is -2.40. The number of rotatable bonds is 1. The quantitative estimate of drug-likeness (QED) is 0.475. The van der Waals surface area contributed by atoms with E-state index in [-0.39, 0.29) is 14.9 Å². The second kappa shape index (κ2) is 6.54. The molecule has 3 aliphatic carbocycles. The van der Waals surface area contributed by atoms with Crippen LogP contribution in [0.25, 0.3) is 6.08 Å². The van der Waals surface area contributed by atoms with Crippen molar-refractivity contribution >= 4 is 6.08 Å². The van der Waals surface area contributed by atoms with E-state index in [1.807, 2.05) is 6.08 Å². The Morgan fingerprint density at radius 1 is 1.12 bits per heavy atom. The van der Waals surface area contributed by atoms with Crippen LogP contribution in [-0.2, 0) is 6.42 Å². The zero-order valence-corrected chi connectivity index (χ0v) is 14.1. The molecule has 0 amide bonds. The third-order valence-corrected chi connectivity index (χ3v) is 7.29. The third-order valence-electron chi connectivity index (χ3n) is 7.29. The fraction of sp³-hybridized carbons (Fsp3) is 0.583. The summed E-state index contributed by atoms with van der Waals surface area (Å²) in [5.74, 6) is 2.57. The van der Waals surface area contributed by atoms with Gasteiger partial charge in [0.1, 0.15) is 0 Å². The zero-order chi connectivity index (χ0) is 15.5. The predicted molar refractivity (Wildman–Crippen MR) is 108 cm³/mol. The van der Waals surface area contributed by atoms with Crippen molar-refractivity contribution in [2.45, 2.75) is 73.1 Å². The Labute approximate surface area is 150 Å². The summed E-state index contributed by atoms with van der Waals surface area (Å²) in [5, 5.41) is 0. The lowest BCUT2D eigenvalue weighted by molar-refractivity contribution is 0.0816. The van der Waals surface area contributed by atoms with Gasteiger partial charge in [-0.2, -0.15) is 0 Å². The first kappa shape index (κ1) is 19.0. The minimum atomic E-state index is 0. The Morgan fingerprint density at radius 3 is 2.58 bits per heavy atom. The van der Waals surface area contributed by atoms with Gasteiger partial charge in [0.25, 0.3) is 0 Å². The number of hydrogen-bond acceptors (Lipinski definition) is 0. The molecular formula is C24H36. The van der Waals surface area contributed by atoms with Crippen LogP contribution in [0, 0.1) is 24.2 Å². The van der Waals surface area contributed by atoms with Crippen LogP contribution in [-0.4, -0.2) is 0 Å². The van der Waals surface area contributed by atoms with Gasteiger partial charge in [-0.3, -0.25) is 0 Å². The number of benzene rings is 1. The normalized spacial score (nSPS) is 33.4. The molecule has 0 spiro atoms. The molecule has 4 rings (SSSR count). The van der Waals surface area contributed by atoms with Gasteiger partial charge < -0.3 is 0 Å². The van der Waals surface area contributed by atoms with Gasteiger partial charge in [-0.05, 0) is 90.9 Å². The highest BCUT2D eigenvalue weighted by atomic mass is 14.6. The van der Waals surface area contributed by atoms with Crippen LogP contribution < -0.4 is 0 Å². The summed E-state index contributed by atoms with van der Waals surface area (Å²) >= 11 is 0. The smallest absolute Gasteiger partial charge is 0.00876 e. The Bertz CT molecular complexity index is 650. The first-order valence-corrected chi connectivity index (χ1v) is 8.98. The van der Waals surface area contributed by atoms with Crippen LogP contribution in [0.2, 0.25) is 0 Å². The molecule has 0 N–H and O–H groups in total. The molecule has 2 fully saturated rings. The molecule has 4 atom stereocenters. The van der Waals surface area contributed by atoms with Gasteiger partial charge in [-0.25, -0.2) is 0 Å². The lowest BCUT2D eigenvalue weighted by Gasteiger charge is -2.49. The van der Waals surface area contributed by atoms with E-state index in [9.17, 15) is 0 Å². The predicted octanol–water partition coefficient (Wildman–Crippen LogP) is 7.32. The molecule has 0 nitrogen and oxygen atoms in total. The Hall–Kier alpha value is -1.30. The third kappa shape index (κ3) is 2.50. The summed E-state index contributed by atoms with van der Waals surface area (Å²) in [6, 6.07) is 4.89. The van der Waals surface area contributed by atoms with Gasteiger partial charge in [0, 0.05) is 0 Å². The van der Waals surface area contributed by atoms with Crippen molar-refractivity contribution < 1.29 is 0 Å². The fourth-order valence-corrected chi connectivity index (χ4v) is 5.88. The SMILES string of the molecule is C.C.C=Cc1cc2c(cc1C)C1CCC3(C)C(=C)CCC3C1CC2. The number of aryl methyl sites for hydroxylation is 2. The maximum Gasteiger partial charge on any atom is -0.00876 e. The van der Waals surface area contributed by atoms with Crippen LogP contribution in [0.4, 0.5) is 0 Å². The summed E-state index contributed by atoms with van der Waals surface area (Å²) in [7, 11) is 0. The Balaban J connectivity index is 0.00000104. The van der Waals surface area contributed by atoms with Crippen LogP contribution in [0.5, 0.6) is 0 Å². The summed E-state index contributed by atoms with van der Waals surface area (Å²) in [4.78, 5) is 0. The topological polar surface area (TPSA) is 0 Å². The Morgan fingerprint density at radius 2 is 1.88 bits per heavy atom. The van der Waals surface area contributed by atoms with E-state index in [1.165, 1.54) is 49.7 Å². The lowest BCUT2D eigenvalue weighted by atomic mass is 9.55. The molecule has 3 aliphatic rings. The first-order chi connectivity index (χ1) is 10.5. The summed E-state index contributed by atoms with van der Waals surface area (Å²) < 4.78 is 0. The zero-order valence-electron chi connectivity index (χ0n) is 14.1. The van der Waals surface area contributed by atoms with Gasteiger partial charge in [-0.15, -0.1) is 0 Å². The molecule has 4 unspecified atom stereocenters. The molecule has 0 saturated heterocycles. The van der Waals surface area contributed by atoms with E-state index in [4.69, 9.17) is 0 Å². The molecule has 0 radical (unpaired) electrons. The number of allylic oxidation sites excluding steroid dienone is 1. The Kier molecular flexibility index (Phi) is 5.19. The molecule has 0 bridgehead atoms. The van der Waals surface area contributed by atoms with Crippen molar-refractivity contribution in [2.24, 2.45) is 17.3 Å². The van der Waals surface area contributed by atoms with Crippen molar-refractivity contribution in [3.05, 3.63) is 53.1 Å². The van der Waals surface area contributed by atoms with Crippen molar-refractivity contribution in [3.8, 4) is 0 Å². The van der Waals surface area contributed by atoms with E-state index >= 15 is 0 Å². The summed E-state index contributed by atoms with van der Waals surface area (Å²) in [6.45, 7) is 13.1. The standard InChI is InChI=1S/C22H28.2CH4/c1-5-16-13-17-7-8-19-18(20(17)12-14(16)2)10-11-22(4)15(3)6-9-21(19)22;;/h5,12-13,18-19,21H,1,3,6-11H2,2,4H3;2*1H4. The molecule has 2 saturated carbocycles. The maximum absolute atomic E-state index is 4.42. The minimum Gasteiger partial charge on any atom is -0.0993 e. The van der Waals surface area contributed by atoms with Gasteiger partial charge in [-0.1, -0.05) is 58.7 Å². The molecule has 0 aliphatic heterocycles. The minimum absolute atomic E-state index is 0. The molecule has 24 heavy (non-hydrogen) atoms. The monoisotopic (exact) mass is 324 g/mol. The number of hydrogen-bond donors (Lipinski definition) is 0. The van der Waals surface area contributed by atoms with Crippen LogP contribution in [0.3, 0.4) is 0 Å². The molecule has 1 aromatic rings. The molecular weight excluding hydrogens is 288 g/mol. The summed E-state index contributed by atoms with van der Waals surface area (Å²) in [5.41, 5.74) is 7.97. The maximum atomic E-state index is 4.42. The molecule has 0 heteroatoms. The molecule has 0 aromatic heterocycles. The van der Waals surface area contributed by atoms with E-state index < -0.39 is 0 Å². The van der Waals surface area contributed by atoms with Crippen LogP contribution in [0.15, 0.2) is 30.9 Å². The fourth-order valence-electron chi connectivity index (χ4n) is 5.88. The van der Waals surface area contributed by atoms with E-state index in [2.05, 4.69) is 39.1 Å². The highest BCUT2D eigenvalue weighted by Crippen LogP contribution is 2.62. The largest absolute Gasteiger partial charge is 0.0993 e. The highest BCUT2D eigenvalue weighted by molar-refractivity contribution is 5.56. The van der Waals surface area contributed by atoms with Crippen molar-refractivity contribution in [1.29, 1.82) is 0 Å². The van der Waals surface area contributed by atoms with E-state index in [0.717, 1.165) is 17.8 Å². The molecule has 1 aromatic carbocycles. The van der Waals surface area contributed by atoms with Gasteiger partial charge in [0.2, 0.25) is 0 Å². The average molecular weight is 325 g/mol. The van der Waals surface area contributed by atoms with Crippen molar-refractivity contribution in [3.63, 3.8) is 0 Å². The van der Waals surface area contributed by atoms with Crippen LogP contribution in [0.1, 0.15) is 82.1 Å². The van der Waals surface area contributed by atoms with Crippen LogP contribution >= 0.6 is 0 Å². The van der Waals surface area contributed by atoms with Crippen molar-refractivity contribution in [2.75, 3.05) is 0 Å². The van der Waals surface area contributed by atoms with Gasteiger partial charge in [0.05, 0.1) is 0 Å². The second-order valence-electron chi connectivity index (χ2n) is 8.13.